The van der Waals surface area contributed by atoms with Gasteiger partial charge in [0.2, 0.25) is 10.0 Å². The predicted octanol–water partition coefficient (Wildman–Crippen LogP) is 3.11. The summed E-state index contributed by atoms with van der Waals surface area (Å²) >= 11 is 1.12. The van der Waals surface area contributed by atoms with Gasteiger partial charge in [-0.05, 0) is 42.8 Å². The molecule has 0 aliphatic carbocycles. The van der Waals surface area contributed by atoms with Crippen LogP contribution in [0.5, 0.6) is 0 Å². The van der Waals surface area contributed by atoms with E-state index in [-0.39, 0.29) is 10.1 Å². The fraction of sp³-hybridized carbons (Fsp3) is 0.105. The Bertz CT molecular complexity index is 1030. The number of thiophene rings is 1. The minimum absolute atomic E-state index is 0.126. The molecule has 0 atom stereocenters. The van der Waals surface area contributed by atoms with Gasteiger partial charge in [0.15, 0.2) is 0 Å². The summed E-state index contributed by atoms with van der Waals surface area (Å²) in [6.07, 6.45) is 0.528. The van der Waals surface area contributed by atoms with Crippen LogP contribution in [0.25, 0.3) is 0 Å². The summed E-state index contributed by atoms with van der Waals surface area (Å²) in [6, 6.07) is 20.1. The Morgan fingerprint density at radius 2 is 1.67 bits per heavy atom. The Kier molecular flexibility index (Phi) is 5.90. The normalized spacial score (nSPS) is 11.1. The maximum atomic E-state index is 12.5. The van der Waals surface area contributed by atoms with Crippen molar-refractivity contribution in [3.05, 3.63) is 77.2 Å². The van der Waals surface area contributed by atoms with E-state index >= 15 is 0 Å². The lowest BCUT2D eigenvalue weighted by Gasteiger charge is -2.12. The second kappa shape index (κ2) is 8.34. The molecule has 3 aromatic rings. The molecule has 0 bridgehead atoms. The third kappa shape index (κ3) is 5.16. The molecule has 6 nitrogen and oxygen atoms in total. The Morgan fingerprint density at radius 3 is 2.37 bits per heavy atom. The molecule has 3 rings (SSSR count). The molecule has 0 saturated heterocycles. The molecule has 0 aliphatic heterocycles. The summed E-state index contributed by atoms with van der Waals surface area (Å²) in [6.45, 7) is 0.392. The van der Waals surface area contributed by atoms with Crippen molar-refractivity contribution >= 4 is 38.6 Å². The van der Waals surface area contributed by atoms with Gasteiger partial charge >= 0.3 is 0 Å². The van der Waals surface area contributed by atoms with E-state index < -0.39 is 10.0 Å². The second-order valence-corrected chi connectivity index (χ2v) is 8.76. The van der Waals surface area contributed by atoms with Crippen molar-refractivity contribution in [2.24, 2.45) is 5.14 Å². The fourth-order valence-corrected chi connectivity index (χ4v) is 4.29. The zero-order valence-corrected chi connectivity index (χ0v) is 16.0. The number of carbonyl (C=O) groups is 1. The van der Waals surface area contributed by atoms with Crippen LogP contribution in [0, 0.1) is 0 Å². The number of para-hydroxylation sites is 2. The first kappa shape index (κ1) is 19.1. The summed E-state index contributed by atoms with van der Waals surface area (Å²) in [5.41, 5.74) is 2.15. The van der Waals surface area contributed by atoms with Crippen molar-refractivity contribution < 1.29 is 13.2 Å². The molecule has 0 radical (unpaired) electrons. The fourth-order valence-electron chi connectivity index (χ4n) is 2.51. The highest BCUT2D eigenvalue weighted by atomic mass is 32.2. The summed E-state index contributed by atoms with van der Waals surface area (Å²) in [4.78, 5) is 13.4. The minimum Gasteiger partial charge on any atom is -0.355 e. The summed E-state index contributed by atoms with van der Waals surface area (Å²) in [5, 5.41) is 11.2. The molecule has 0 spiro atoms. The van der Waals surface area contributed by atoms with E-state index in [1.165, 1.54) is 6.07 Å². The van der Waals surface area contributed by atoms with Gasteiger partial charge in [-0.25, -0.2) is 13.6 Å². The second-order valence-electron chi connectivity index (χ2n) is 5.81. The number of sulfonamides is 1. The van der Waals surface area contributed by atoms with E-state index in [2.05, 4.69) is 10.6 Å². The Balaban J connectivity index is 1.62. The molecule has 140 valence electrons. The maximum absolute atomic E-state index is 12.5. The van der Waals surface area contributed by atoms with Crippen molar-refractivity contribution in [1.82, 2.24) is 5.32 Å². The van der Waals surface area contributed by atoms with Crippen LogP contribution in [0.2, 0.25) is 0 Å². The van der Waals surface area contributed by atoms with Gasteiger partial charge in [-0.2, -0.15) is 0 Å². The van der Waals surface area contributed by atoms with Gasteiger partial charge in [0.1, 0.15) is 4.21 Å². The van der Waals surface area contributed by atoms with Crippen molar-refractivity contribution in [3.8, 4) is 0 Å². The average Bonchev–Trinajstić information content (AvgIpc) is 3.12. The lowest BCUT2D eigenvalue weighted by molar-refractivity contribution is 0.0955. The van der Waals surface area contributed by atoms with Crippen LogP contribution in [0.4, 0.5) is 11.4 Å². The topological polar surface area (TPSA) is 101 Å². The van der Waals surface area contributed by atoms with Crippen LogP contribution in [0.3, 0.4) is 0 Å². The number of hydrogen-bond acceptors (Lipinski definition) is 5. The Morgan fingerprint density at radius 1 is 0.963 bits per heavy atom. The molecule has 4 N–H and O–H groups in total. The standard InChI is InChI=1S/C19H19N3O3S2/c20-27(24,25)18-11-10-15(26-18)12-13-21-19(23)16-8-4-5-9-17(16)22-14-6-2-1-3-7-14/h1-11,22H,12-13H2,(H,21,23)(H2,20,24,25). The molecule has 1 amide bonds. The zero-order valence-electron chi connectivity index (χ0n) is 14.4. The SMILES string of the molecule is NS(=O)(=O)c1ccc(CCNC(=O)c2ccccc2Nc2ccccc2)s1. The third-order valence-corrected chi connectivity index (χ3v) is 6.38. The van der Waals surface area contributed by atoms with E-state index in [1.54, 1.807) is 12.1 Å². The highest BCUT2D eigenvalue weighted by Gasteiger charge is 2.13. The molecule has 1 aromatic heterocycles. The smallest absolute Gasteiger partial charge is 0.253 e. The van der Waals surface area contributed by atoms with Crippen molar-refractivity contribution in [2.75, 3.05) is 11.9 Å². The summed E-state index contributed by atoms with van der Waals surface area (Å²) in [7, 11) is -3.68. The number of benzene rings is 2. The Labute approximate surface area is 162 Å². The van der Waals surface area contributed by atoms with Crippen LogP contribution < -0.4 is 15.8 Å². The zero-order chi connectivity index (χ0) is 19.3. The molecular weight excluding hydrogens is 382 g/mol. The first-order chi connectivity index (χ1) is 12.9. The highest BCUT2D eigenvalue weighted by molar-refractivity contribution is 7.91. The molecule has 8 heteroatoms. The minimum atomic E-state index is -3.68. The number of primary sulfonamides is 1. The molecule has 0 aliphatic rings. The highest BCUT2D eigenvalue weighted by Crippen LogP contribution is 2.22. The number of rotatable bonds is 7. The van der Waals surface area contributed by atoms with E-state index in [0.29, 0.717) is 24.2 Å². The van der Waals surface area contributed by atoms with Gasteiger partial charge in [0.25, 0.3) is 5.91 Å². The van der Waals surface area contributed by atoms with Gasteiger partial charge in [-0.15, -0.1) is 11.3 Å². The number of nitrogens with two attached hydrogens (primary N) is 1. The van der Waals surface area contributed by atoms with Crippen LogP contribution in [0.15, 0.2) is 70.9 Å². The van der Waals surface area contributed by atoms with E-state index in [4.69, 9.17) is 5.14 Å². The Hall–Kier alpha value is -2.68. The van der Waals surface area contributed by atoms with E-state index in [9.17, 15) is 13.2 Å². The van der Waals surface area contributed by atoms with Gasteiger partial charge in [0.05, 0.1) is 11.3 Å². The average molecular weight is 402 g/mol. The van der Waals surface area contributed by atoms with Crippen LogP contribution in [-0.4, -0.2) is 20.9 Å². The number of nitrogens with one attached hydrogen (secondary N) is 2. The van der Waals surface area contributed by atoms with Crippen molar-refractivity contribution in [3.63, 3.8) is 0 Å². The first-order valence-corrected chi connectivity index (χ1v) is 10.6. The molecule has 0 fully saturated rings. The van der Waals surface area contributed by atoms with Crippen LogP contribution >= 0.6 is 11.3 Å². The number of amides is 1. The summed E-state index contributed by atoms with van der Waals surface area (Å²) in [5.74, 6) is -0.197. The quantitative estimate of drug-likeness (QED) is 0.566. The molecule has 27 heavy (non-hydrogen) atoms. The first-order valence-electron chi connectivity index (χ1n) is 8.24. The molecule has 2 aromatic carbocycles. The van der Waals surface area contributed by atoms with Gasteiger partial charge in [-0.3, -0.25) is 4.79 Å². The predicted molar refractivity (Wildman–Crippen MR) is 108 cm³/mol. The molecular formula is C19H19N3O3S2. The molecule has 1 heterocycles. The van der Waals surface area contributed by atoms with Gasteiger partial charge in [-0.1, -0.05) is 30.3 Å². The number of hydrogen-bond donors (Lipinski definition) is 3. The summed E-state index contributed by atoms with van der Waals surface area (Å²) < 4.78 is 22.8. The number of carbonyl (C=O) groups excluding carboxylic acids is 1. The number of anilines is 2. The lowest BCUT2D eigenvalue weighted by atomic mass is 10.1. The maximum Gasteiger partial charge on any atom is 0.253 e. The molecule has 0 unspecified atom stereocenters. The third-order valence-electron chi connectivity index (χ3n) is 3.80. The lowest BCUT2D eigenvalue weighted by Crippen LogP contribution is -2.26. The van der Waals surface area contributed by atoms with Crippen LogP contribution in [0.1, 0.15) is 15.2 Å². The van der Waals surface area contributed by atoms with E-state index in [0.717, 1.165) is 21.9 Å². The largest absolute Gasteiger partial charge is 0.355 e. The van der Waals surface area contributed by atoms with Gasteiger partial charge in [0, 0.05) is 17.1 Å². The monoisotopic (exact) mass is 401 g/mol. The van der Waals surface area contributed by atoms with E-state index in [1.807, 2.05) is 48.5 Å². The molecule has 0 saturated carbocycles. The van der Waals surface area contributed by atoms with Crippen molar-refractivity contribution in [2.45, 2.75) is 10.6 Å². The van der Waals surface area contributed by atoms with Crippen LogP contribution in [-0.2, 0) is 16.4 Å². The van der Waals surface area contributed by atoms with Gasteiger partial charge < -0.3 is 10.6 Å². The van der Waals surface area contributed by atoms with Crippen molar-refractivity contribution in [1.29, 1.82) is 0 Å².